The predicted octanol–water partition coefficient (Wildman–Crippen LogP) is 2.86. The fourth-order valence-corrected chi connectivity index (χ4v) is 4.45. The van der Waals surface area contributed by atoms with Crippen LogP contribution in [0.5, 0.6) is 0 Å². The van der Waals surface area contributed by atoms with Gasteiger partial charge in [0.25, 0.3) is 0 Å². The molecule has 1 aliphatic heterocycles. The van der Waals surface area contributed by atoms with Gasteiger partial charge >= 0.3 is 6.18 Å². The highest BCUT2D eigenvalue weighted by molar-refractivity contribution is 7.99. The molecule has 1 aromatic heterocycles. The first kappa shape index (κ1) is 16.1. The minimum Gasteiger partial charge on any atom is -0.308 e. The van der Waals surface area contributed by atoms with Gasteiger partial charge in [-0.3, -0.25) is 4.90 Å². The molecule has 1 saturated heterocycles. The van der Waals surface area contributed by atoms with Crippen LogP contribution >= 0.6 is 23.1 Å². The van der Waals surface area contributed by atoms with Crippen LogP contribution in [0.25, 0.3) is 0 Å². The molecule has 1 aliphatic rings. The molecule has 2 heterocycles. The van der Waals surface area contributed by atoms with Gasteiger partial charge in [-0.15, -0.1) is 11.3 Å². The largest absolute Gasteiger partial charge is 0.443 e. The summed E-state index contributed by atoms with van der Waals surface area (Å²) in [7, 11) is 2.03. The number of hydrogen-bond acceptors (Lipinski definition) is 5. The third-order valence-corrected chi connectivity index (χ3v) is 5.50. The van der Waals surface area contributed by atoms with Crippen LogP contribution in [0.3, 0.4) is 0 Å². The maximum Gasteiger partial charge on any atom is 0.443 e. The number of hydrogen-bond donors (Lipinski definition) is 1. The number of alkyl halides is 3. The zero-order chi connectivity index (χ0) is 14.8. The monoisotopic (exact) mass is 325 g/mol. The van der Waals surface area contributed by atoms with Crippen molar-refractivity contribution in [1.29, 1.82) is 0 Å². The van der Waals surface area contributed by atoms with Crippen molar-refractivity contribution >= 4 is 23.1 Å². The number of rotatable bonds is 4. The number of halogens is 3. The van der Waals surface area contributed by atoms with Gasteiger partial charge in [0.05, 0.1) is 6.04 Å². The Balaban J connectivity index is 2.21. The molecule has 3 nitrogen and oxygen atoms in total. The Morgan fingerprint density at radius 3 is 2.85 bits per heavy atom. The Morgan fingerprint density at radius 1 is 1.55 bits per heavy atom. The Kier molecular flexibility index (Phi) is 5.33. The standard InChI is InChI=1S/C12H18F3N3S2/c1-3-16-10(8-7-19-5-4-18(8)2)9-6-17-11(20-9)12(13,14)15/h6,8,10,16H,3-5,7H2,1-2H3. The molecule has 114 valence electrons. The van der Waals surface area contributed by atoms with Gasteiger partial charge in [0, 0.05) is 35.2 Å². The molecule has 20 heavy (non-hydrogen) atoms. The first-order valence-corrected chi connectivity index (χ1v) is 8.45. The van der Waals surface area contributed by atoms with Crippen LogP contribution in [0.1, 0.15) is 22.9 Å². The van der Waals surface area contributed by atoms with Crippen LogP contribution in [0.15, 0.2) is 6.20 Å². The zero-order valence-electron chi connectivity index (χ0n) is 11.4. The van der Waals surface area contributed by atoms with Crippen LogP contribution in [0, 0.1) is 0 Å². The molecule has 0 spiro atoms. The molecule has 0 aromatic carbocycles. The molecule has 0 aliphatic carbocycles. The average molecular weight is 325 g/mol. The van der Waals surface area contributed by atoms with Crippen LogP contribution in [0.4, 0.5) is 13.2 Å². The van der Waals surface area contributed by atoms with Crippen LogP contribution in [-0.2, 0) is 6.18 Å². The summed E-state index contributed by atoms with van der Waals surface area (Å²) in [6.45, 7) is 3.65. The lowest BCUT2D eigenvalue weighted by atomic mass is 10.1. The van der Waals surface area contributed by atoms with Crippen molar-refractivity contribution < 1.29 is 13.2 Å². The summed E-state index contributed by atoms with van der Waals surface area (Å²) in [6, 6.07) is 0.113. The van der Waals surface area contributed by atoms with Gasteiger partial charge in [-0.25, -0.2) is 4.98 Å². The Morgan fingerprint density at radius 2 is 2.30 bits per heavy atom. The second-order valence-corrected chi connectivity index (χ2v) is 6.94. The van der Waals surface area contributed by atoms with Gasteiger partial charge in [0.15, 0.2) is 5.01 Å². The molecule has 0 amide bonds. The third kappa shape index (κ3) is 3.66. The lowest BCUT2D eigenvalue weighted by molar-refractivity contribution is -0.137. The summed E-state index contributed by atoms with van der Waals surface area (Å²) in [5.41, 5.74) is 0. The van der Waals surface area contributed by atoms with Crippen molar-refractivity contribution in [3.05, 3.63) is 16.1 Å². The lowest BCUT2D eigenvalue weighted by Gasteiger charge is -2.37. The van der Waals surface area contributed by atoms with Crippen LogP contribution < -0.4 is 5.32 Å². The molecule has 0 radical (unpaired) electrons. The van der Waals surface area contributed by atoms with E-state index in [0.717, 1.165) is 35.9 Å². The van der Waals surface area contributed by atoms with E-state index in [2.05, 4.69) is 15.2 Å². The van der Waals surface area contributed by atoms with E-state index >= 15 is 0 Å². The maximum atomic E-state index is 12.7. The summed E-state index contributed by atoms with van der Waals surface area (Å²) in [5.74, 6) is 2.00. The molecule has 1 fully saturated rings. The van der Waals surface area contributed by atoms with E-state index in [1.807, 2.05) is 25.7 Å². The molecule has 2 rings (SSSR count). The van der Waals surface area contributed by atoms with Crippen molar-refractivity contribution in [2.75, 3.05) is 31.6 Å². The van der Waals surface area contributed by atoms with Crippen molar-refractivity contribution in [3.8, 4) is 0 Å². The highest BCUT2D eigenvalue weighted by atomic mass is 32.2. The van der Waals surface area contributed by atoms with E-state index < -0.39 is 11.2 Å². The normalized spacial score (nSPS) is 22.9. The molecule has 1 N–H and O–H groups in total. The summed E-state index contributed by atoms with van der Waals surface area (Å²) in [6.07, 6.45) is -2.99. The minimum absolute atomic E-state index is 0.0913. The predicted molar refractivity (Wildman–Crippen MR) is 77.3 cm³/mol. The van der Waals surface area contributed by atoms with Gasteiger partial charge < -0.3 is 5.32 Å². The van der Waals surface area contributed by atoms with E-state index in [0.29, 0.717) is 4.88 Å². The quantitative estimate of drug-likeness (QED) is 0.921. The average Bonchev–Trinajstić information content (AvgIpc) is 2.86. The molecular formula is C12H18F3N3S2. The molecule has 8 heteroatoms. The van der Waals surface area contributed by atoms with Crippen molar-refractivity contribution in [3.63, 3.8) is 0 Å². The second-order valence-electron chi connectivity index (χ2n) is 4.72. The second kappa shape index (κ2) is 6.64. The SMILES string of the molecule is CCNC(c1cnc(C(F)(F)F)s1)C1CSCCN1C. The molecule has 0 bridgehead atoms. The highest BCUT2D eigenvalue weighted by Gasteiger charge is 2.37. The molecular weight excluding hydrogens is 307 g/mol. The smallest absolute Gasteiger partial charge is 0.308 e. The first-order valence-electron chi connectivity index (χ1n) is 6.47. The topological polar surface area (TPSA) is 28.2 Å². The summed E-state index contributed by atoms with van der Waals surface area (Å²) in [5, 5.41) is 2.55. The van der Waals surface area contributed by atoms with Crippen molar-refractivity contribution in [2.45, 2.75) is 25.2 Å². The summed E-state index contributed by atoms with van der Waals surface area (Å²) in [4.78, 5) is 6.42. The van der Waals surface area contributed by atoms with E-state index in [9.17, 15) is 13.2 Å². The van der Waals surface area contributed by atoms with Gasteiger partial charge in [0.2, 0.25) is 0 Å². The number of thiazole rings is 1. The maximum absolute atomic E-state index is 12.7. The summed E-state index contributed by atoms with van der Waals surface area (Å²) < 4.78 is 38.0. The van der Waals surface area contributed by atoms with Crippen LogP contribution in [-0.4, -0.2) is 47.6 Å². The Hall–Kier alpha value is -0.310. The molecule has 2 unspecified atom stereocenters. The number of likely N-dealkylation sites (N-methyl/N-ethyl adjacent to an activating group) is 2. The van der Waals surface area contributed by atoms with E-state index in [4.69, 9.17) is 0 Å². The van der Waals surface area contributed by atoms with E-state index in [1.54, 1.807) is 0 Å². The molecule has 2 atom stereocenters. The first-order chi connectivity index (χ1) is 9.43. The van der Waals surface area contributed by atoms with Gasteiger partial charge in [0.1, 0.15) is 0 Å². The lowest BCUT2D eigenvalue weighted by Crippen LogP contribution is -2.47. The Bertz CT molecular complexity index is 436. The number of aromatic nitrogens is 1. The van der Waals surface area contributed by atoms with Gasteiger partial charge in [-0.1, -0.05) is 6.92 Å². The fraction of sp³-hybridized carbons (Fsp3) is 0.750. The number of nitrogens with one attached hydrogen (secondary N) is 1. The molecule has 1 aromatic rings. The van der Waals surface area contributed by atoms with Crippen molar-refractivity contribution in [2.24, 2.45) is 0 Å². The highest BCUT2D eigenvalue weighted by Crippen LogP contribution is 2.36. The van der Waals surface area contributed by atoms with Gasteiger partial charge in [-0.05, 0) is 13.6 Å². The zero-order valence-corrected chi connectivity index (χ0v) is 13.0. The number of nitrogens with zero attached hydrogens (tertiary/aromatic N) is 2. The van der Waals surface area contributed by atoms with E-state index in [-0.39, 0.29) is 12.1 Å². The third-order valence-electron chi connectivity index (χ3n) is 3.32. The van der Waals surface area contributed by atoms with E-state index in [1.165, 1.54) is 6.20 Å². The van der Waals surface area contributed by atoms with Gasteiger partial charge in [-0.2, -0.15) is 24.9 Å². The van der Waals surface area contributed by atoms with Crippen LogP contribution in [0.2, 0.25) is 0 Å². The minimum atomic E-state index is -4.35. The summed E-state index contributed by atoms with van der Waals surface area (Å²) >= 11 is 2.60. The molecule has 0 saturated carbocycles. The van der Waals surface area contributed by atoms with Crippen molar-refractivity contribution in [1.82, 2.24) is 15.2 Å². The Labute approximate surface area is 124 Å². The number of thioether (sulfide) groups is 1. The fourth-order valence-electron chi connectivity index (χ4n) is 2.26.